The summed E-state index contributed by atoms with van der Waals surface area (Å²) in [6, 6.07) is 12.3. The Kier molecular flexibility index (Phi) is 5.20. The van der Waals surface area contributed by atoms with Gasteiger partial charge in [0, 0.05) is 39.4 Å². The van der Waals surface area contributed by atoms with Crippen molar-refractivity contribution < 1.29 is 9.72 Å². The number of carbonyl (C=O) groups excluding carboxylic acids is 1. The molecule has 1 amide bonds. The lowest BCUT2D eigenvalue weighted by Gasteiger charge is -2.11. The van der Waals surface area contributed by atoms with Gasteiger partial charge in [-0.2, -0.15) is 5.10 Å². The van der Waals surface area contributed by atoms with Crippen molar-refractivity contribution >= 4 is 40.6 Å². The number of hydrogen-bond acceptors (Lipinski definition) is 4. The lowest BCUT2D eigenvalue weighted by atomic mass is 10.2. The van der Waals surface area contributed by atoms with Gasteiger partial charge in [0.1, 0.15) is 5.82 Å². The van der Waals surface area contributed by atoms with E-state index in [9.17, 15) is 14.9 Å². The Hall–Kier alpha value is -2.90. The SMILES string of the molecule is O=C(Nc1ccnn1Cc1c(Cl)cccc1Cl)c1cccc([N+](=O)[O-])c1. The third kappa shape index (κ3) is 3.84. The molecule has 0 fully saturated rings. The number of anilines is 1. The van der Waals surface area contributed by atoms with Crippen LogP contribution in [-0.2, 0) is 6.54 Å². The maximum atomic E-state index is 12.4. The van der Waals surface area contributed by atoms with E-state index >= 15 is 0 Å². The molecular formula is C17H12Cl2N4O3. The zero-order valence-corrected chi connectivity index (χ0v) is 14.7. The molecule has 0 bridgehead atoms. The number of nitro groups is 1. The van der Waals surface area contributed by atoms with Gasteiger partial charge >= 0.3 is 0 Å². The van der Waals surface area contributed by atoms with Crippen LogP contribution in [0.1, 0.15) is 15.9 Å². The number of aromatic nitrogens is 2. The molecule has 0 aliphatic carbocycles. The molecule has 1 N–H and O–H groups in total. The van der Waals surface area contributed by atoms with Crippen LogP contribution in [0.25, 0.3) is 0 Å². The third-order valence-electron chi connectivity index (χ3n) is 3.65. The standard InChI is InChI=1S/C17H12Cl2N4O3/c18-14-5-2-6-15(19)13(14)10-22-16(7-8-20-22)21-17(24)11-3-1-4-12(9-11)23(25)26/h1-9H,10H2,(H,21,24). The van der Waals surface area contributed by atoms with Crippen molar-refractivity contribution in [3.05, 3.63) is 86.0 Å². The van der Waals surface area contributed by atoms with E-state index in [1.54, 1.807) is 24.3 Å². The van der Waals surface area contributed by atoms with Crippen LogP contribution >= 0.6 is 23.2 Å². The van der Waals surface area contributed by atoms with Crippen LogP contribution in [0.3, 0.4) is 0 Å². The zero-order valence-electron chi connectivity index (χ0n) is 13.2. The van der Waals surface area contributed by atoms with Crippen molar-refractivity contribution in [2.24, 2.45) is 0 Å². The summed E-state index contributed by atoms with van der Waals surface area (Å²) in [6.07, 6.45) is 1.52. The highest BCUT2D eigenvalue weighted by molar-refractivity contribution is 6.36. The molecule has 0 unspecified atom stereocenters. The summed E-state index contributed by atoms with van der Waals surface area (Å²) >= 11 is 12.3. The predicted molar refractivity (Wildman–Crippen MR) is 98.8 cm³/mol. The molecule has 7 nitrogen and oxygen atoms in total. The average Bonchev–Trinajstić information content (AvgIpc) is 3.05. The molecule has 1 heterocycles. The maximum absolute atomic E-state index is 12.4. The van der Waals surface area contributed by atoms with Crippen LogP contribution in [0, 0.1) is 10.1 Å². The predicted octanol–water partition coefficient (Wildman–Crippen LogP) is 4.40. The Balaban J connectivity index is 1.82. The van der Waals surface area contributed by atoms with Gasteiger partial charge in [-0.3, -0.25) is 14.9 Å². The highest BCUT2D eigenvalue weighted by Crippen LogP contribution is 2.26. The van der Waals surface area contributed by atoms with E-state index in [0.29, 0.717) is 21.4 Å². The molecule has 3 rings (SSSR count). The number of carbonyl (C=O) groups is 1. The Morgan fingerprint density at radius 1 is 1.15 bits per heavy atom. The Morgan fingerprint density at radius 2 is 1.85 bits per heavy atom. The minimum Gasteiger partial charge on any atom is -0.307 e. The topological polar surface area (TPSA) is 90.1 Å². The normalized spacial score (nSPS) is 10.5. The molecule has 9 heteroatoms. The number of nitro benzene ring substituents is 1. The summed E-state index contributed by atoms with van der Waals surface area (Å²) in [4.78, 5) is 22.7. The first kappa shape index (κ1) is 17.9. The van der Waals surface area contributed by atoms with E-state index in [4.69, 9.17) is 23.2 Å². The van der Waals surface area contributed by atoms with Crippen LogP contribution in [0.2, 0.25) is 10.0 Å². The monoisotopic (exact) mass is 390 g/mol. The molecule has 26 heavy (non-hydrogen) atoms. The largest absolute Gasteiger partial charge is 0.307 e. The van der Waals surface area contributed by atoms with E-state index in [2.05, 4.69) is 10.4 Å². The minimum atomic E-state index is -0.555. The Bertz CT molecular complexity index is 967. The van der Waals surface area contributed by atoms with Gasteiger partial charge < -0.3 is 5.32 Å². The van der Waals surface area contributed by atoms with E-state index in [-0.39, 0.29) is 17.8 Å². The number of nitrogens with zero attached hydrogens (tertiary/aromatic N) is 3. The quantitative estimate of drug-likeness (QED) is 0.516. The van der Waals surface area contributed by atoms with Crippen molar-refractivity contribution in [2.45, 2.75) is 6.54 Å². The summed E-state index contributed by atoms with van der Waals surface area (Å²) in [6.45, 7) is 0.260. The lowest BCUT2D eigenvalue weighted by molar-refractivity contribution is -0.384. The van der Waals surface area contributed by atoms with Crippen LogP contribution < -0.4 is 5.32 Å². The van der Waals surface area contributed by atoms with E-state index in [1.807, 2.05) is 0 Å². The highest BCUT2D eigenvalue weighted by atomic mass is 35.5. The first-order valence-corrected chi connectivity index (χ1v) is 8.22. The number of amides is 1. The molecule has 0 saturated carbocycles. The first-order chi connectivity index (χ1) is 12.5. The molecular weight excluding hydrogens is 379 g/mol. The number of non-ortho nitro benzene ring substituents is 1. The molecule has 0 atom stereocenters. The summed E-state index contributed by atoms with van der Waals surface area (Å²) in [5.74, 6) is -0.0711. The smallest absolute Gasteiger partial charge is 0.270 e. The molecule has 0 aliphatic rings. The molecule has 0 saturated heterocycles. The van der Waals surface area contributed by atoms with Gasteiger partial charge in [0.05, 0.1) is 17.7 Å². The number of benzene rings is 2. The van der Waals surface area contributed by atoms with Gasteiger partial charge in [-0.05, 0) is 18.2 Å². The zero-order chi connectivity index (χ0) is 18.7. The first-order valence-electron chi connectivity index (χ1n) is 7.46. The fraction of sp³-hybridized carbons (Fsp3) is 0.0588. The third-order valence-corrected chi connectivity index (χ3v) is 4.36. The van der Waals surface area contributed by atoms with Gasteiger partial charge in [-0.1, -0.05) is 35.3 Å². The summed E-state index contributed by atoms with van der Waals surface area (Å²) < 4.78 is 1.53. The maximum Gasteiger partial charge on any atom is 0.270 e. The minimum absolute atomic E-state index is 0.158. The number of halogens is 2. The van der Waals surface area contributed by atoms with E-state index < -0.39 is 10.8 Å². The van der Waals surface area contributed by atoms with Crippen molar-refractivity contribution in [1.82, 2.24) is 9.78 Å². The second kappa shape index (κ2) is 7.55. The number of nitrogens with one attached hydrogen (secondary N) is 1. The number of hydrogen-bond donors (Lipinski definition) is 1. The van der Waals surface area contributed by atoms with Crippen LogP contribution in [0.5, 0.6) is 0 Å². The number of rotatable bonds is 5. The van der Waals surface area contributed by atoms with Crippen LogP contribution in [0.15, 0.2) is 54.7 Å². The van der Waals surface area contributed by atoms with Gasteiger partial charge in [0.25, 0.3) is 11.6 Å². The van der Waals surface area contributed by atoms with Gasteiger partial charge in [0.2, 0.25) is 0 Å². The van der Waals surface area contributed by atoms with Gasteiger partial charge in [0.15, 0.2) is 0 Å². The Morgan fingerprint density at radius 3 is 2.54 bits per heavy atom. The van der Waals surface area contributed by atoms with Crippen molar-refractivity contribution in [3.63, 3.8) is 0 Å². The van der Waals surface area contributed by atoms with Crippen LogP contribution in [0.4, 0.5) is 11.5 Å². The van der Waals surface area contributed by atoms with Crippen molar-refractivity contribution in [2.75, 3.05) is 5.32 Å². The fourth-order valence-corrected chi connectivity index (χ4v) is 2.86. The fourth-order valence-electron chi connectivity index (χ4n) is 2.35. The molecule has 3 aromatic rings. The van der Waals surface area contributed by atoms with Crippen molar-refractivity contribution in [3.8, 4) is 0 Å². The average molecular weight is 391 g/mol. The van der Waals surface area contributed by atoms with Gasteiger partial charge in [-0.25, -0.2) is 4.68 Å². The summed E-state index contributed by atoms with van der Waals surface area (Å²) in [7, 11) is 0. The second-order valence-electron chi connectivity index (χ2n) is 5.34. The molecule has 0 aliphatic heterocycles. The van der Waals surface area contributed by atoms with Crippen molar-refractivity contribution in [1.29, 1.82) is 0 Å². The highest BCUT2D eigenvalue weighted by Gasteiger charge is 2.15. The molecule has 2 aromatic carbocycles. The molecule has 1 aromatic heterocycles. The molecule has 0 spiro atoms. The second-order valence-corrected chi connectivity index (χ2v) is 6.15. The van der Waals surface area contributed by atoms with Gasteiger partial charge in [-0.15, -0.1) is 0 Å². The summed E-state index contributed by atoms with van der Waals surface area (Å²) in [5.41, 5.74) is 0.683. The molecule has 132 valence electrons. The Labute approximate surface area is 158 Å². The summed E-state index contributed by atoms with van der Waals surface area (Å²) in [5, 5.41) is 18.7. The molecule has 0 radical (unpaired) electrons. The van der Waals surface area contributed by atoms with E-state index in [1.165, 1.54) is 35.1 Å². The van der Waals surface area contributed by atoms with E-state index in [0.717, 1.165) is 0 Å². The lowest BCUT2D eigenvalue weighted by Crippen LogP contribution is -2.16. The van der Waals surface area contributed by atoms with Crippen LogP contribution in [-0.4, -0.2) is 20.6 Å².